The monoisotopic (exact) mass is 287 g/mol. The van der Waals surface area contributed by atoms with Gasteiger partial charge < -0.3 is 21.1 Å². The van der Waals surface area contributed by atoms with E-state index in [-0.39, 0.29) is 17.9 Å². The maximum atomic E-state index is 11.7. The lowest BCUT2D eigenvalue weighted by molar-refractivity contribution is -0.139. The number of carbonyl (C=O) groups is 3. The van der Waals surface area contributed by atoms with Crippen LogP contribution in [0, 0.1) is 5.92 Å². The van der Waals surface area contributed by atoms with Crippen LogP contribution in [0.15, 0.2) is 0 Å². The minimum Gasteiger partial charge on any atom is -0.480 e. The van der Waals surface area contributed by atoms with Gasteiger partial charge in [0, 0.05) is 6.04 Å². The zero-order valence-electron chi connectivity index (χ0n) is 12.7. The highest BCUT2D eigenvalue weighted by atomic mass is 16.4. The first-order chi connectivity index (χ1) is 9.13. The largest absolute Gasteiger partial charge is 0.480 e. The predicted octanol–water partition coefficient (Wildman–Crippen LogP) is 0.698. The van der Waals surface area contributed by atoms with Gasteiger partial charge in [0.2, 0.25) is 5.91 Å². The molecule has 0 heterocycles. The van der Waals surface area contributed by atoms with E-state index in [1.165, 1.54) is 6.92 Å². The third kappa shape index (κ3) is 7.60. The molecule has 4 N–H and O–H groups in total. The number of aliphatic carboxylic acids is 1. The van der Waals surface area contributed by atoms with Crippen LogP contribution in [0.2, 0.25) is 0 Å². The molecule has 0 aromatic rings. The van der Waals surface area contributed by atoms with E-state index in [1.54, 1.807) is 0 Å². The molecule has 0 saturated heterocycles. The van der Waals surface area contributed by atoms with Crippen molar-refractivity contribution in [2.45, 2.75) is 59.2 Å². The van der Waals surface area contributed by atoms with Crippen molar-refractivity contribution < 1.29 is 19.5 Å². The molecule has 2 atom stereocenters. The highest BCUT2D eigenvalue weighted by Gasteiger charge is 2.23. The molecule has 0 aliphatic rings. The van der Waals surface area contributed by atoms with E-state index in [1.807, 2.05) is 27.7 Å². The van der Waals surface area contributed by atoms with Gasteiger partial charge in [0.05, 0.1) is 0 Å². The average molecular weight is 287 g/mol. The van der Waals surface area contributed by atoms with Crippen LogP contribution >= 0.6 is 0 Å². The van der Waals surface area contributed by atoms with E-state index in [0.29, 0.717) is 6.42 Å². The van der Waals surface area contributed by atoms with Crippen molar-refractivity contribution in [2.75, 3.05) is 0 Å². The lowest BCUT2D eigenvalue weighted by Gasteiger charge is -2.20. The maximum absolute atomic E-state index is 11.7. The Hall–Kier alpha value is -1.79. The first kappa shape index (κ1) is 18.2. The van der Waals surface area contributed by atoms with Crippen molar-refractivity contribution >= 4 is 17.9 Å². The molecule has 0 aliphatic carbocycles. The Balaban J connectivity index is 4.38. The van der Waals surface area contributed by atoms with Crippen LogP contribution in [-0.2, 0) is 9.59 Å². The van der Waals surface area contributed by atoms with Gasteiger partial charge in [-0.1, -0.05) is 13.8 Å². The van der Waals surface area contributed by atoms with E-state index in [9.17, 15) is 14.4 Å². The van der Waals surface area contributed by atoms with Crippen molar-refractivity contribution in [2.24, 2.45) is 5.92 Å². The highest BCUT2D eigenvalue weighted by Crippen LogP contribution is 2.04. The number of hydrogen-bond donors (Lipinski definition) is 4. The molecule has 0 fully saturated rings. The molecule has 0 aliphatic heterocycles. The van der Waals surface area contributed by atoms with E-state index < -0.39 is 24.1 Å². The number of carboxylic acids is 1. The summed E-state index contributed by atoms with van der Waals surface area (Å²) < 4.78 is 0. The van der Waals surface area contributed by atoms with Crippen molar-refractivity contribution in [1.29, 1.82) is 0 Å². The van der Waals surface area contributed by atoms with Gasteiger partial charge >= 0.3 is 12.0 Å². The molecule has 3 amide bonds. The summed E-state index contributed by atoms with van der Waals surface area (Å²) in [5.74, 6) is -1.27. The molecule has 2 unspecified atom stereocenters. The van der Waals surface area contributed by atoms with E-state index >= 15 is 0 Å². The summed E-state index contributed by atoms with van der Waals surface area (Å²) >= 11 is 0. The number of hydrogen-bond acceptors (Lipinski definition) is 3. The van der Waals surface area contributed by atoms with E-state index in [0.717, 1.165) is 0 Å². The quantitative estimate of drug-likeness (QED) is 0.552. The van der Waals surface area contributed by atoms with Gasteiger partial charge in [0.25, 0.3) is 0 Å². The molecule has 0 aromatic carbocycles. The van der Waals surface area contributed by atoms with Crippen LogP contribution in [-0.4, -0.2) is 41.1 Å². The molecule has 0 aromatic heterocycles. The second-order valence-electron chi connectivity index (χ2n) is 5.52. The van der Waals surface area contributed by atoms with Crippen LogP contribution in [0.5, 0.6) is 0 Å². The fourth-order valence-electron chi connectivity index (χ4n) is 1.56. The van der Waals surface area contributed by atoms with Crippen molar-refractivity contribution in [3.8, 4) is 0 Å². The summed E-state index contributed by atoms with van der Waals surface area (Å²) in [5, 5.41) is 16.4. The van der Waals surface area contributed by atoms with Crippen LogP contribution in [0.1, 0.15) is 41.0 Å². The minimum atomic E-state index is -1.09. The number of nitrogens with one attached hydrogen (secondary N) is 3. The smallest absolute Gasteiger partial charge is 0.326 e. The fraction of sp³-hybridized carbons (Fsp3) is 0.769. The molecule has 20 heavy (non-hydrogen) atoms. The first-order valence-corrected chi connectivity index (χ1v) is 6.73. The van der Waals surface area contributed by atoms with Crippen LogP contribution < -0.4 is 16.0 Å². The third-order valence-corrected chi connectivity index (χ3v) is 2.48. The van der Waals surface area contributed by atoms with Gasteiger partial charge in [-0.25, -0.2) is 9.59 Å². The summed E-state index contributed by atoms with van der Waals surface area (Å²) in [6, 6.07) is -2.38. The molecule has 0 rings (SSSR count). The van der Waals surface area contributed by atoms with Crippen LogP contribution in [0.25, 0.3) is 0 Å². The molecule has 0 saturated carbocycles. The minimum absolute atomic E-state index is 0.0254. The third-order valence-electron chi connectivity index (χ3n) is 2.48. The van der Waals surface area contributed by atoms with Gasteiger partial charge in [-0.15, -0.1) is 0 Å². The maximum Gasteiger partial charge on any atom is 0.326 e. The number of rotatable bonds is 7. The number of amides is 3. The van der Waals surface area contributed by atoms with Crippen molar-refractivity contribution in [3.05, 3.63) is 0 Å². The second-order valence-corrected chi connectivity index (χ2v) is 5.52. The van der Waals surface area contributed by atoms with Gasteiger partial charge in [-0.05, 0) is 33.1 Å². The number of carbonyl (C=O) groups excluding carboxylic acids is 2. The Labute approximate surface area is 119 Å². The Morgan fingerprint density at radius 1 is 0.950 bits per heavy atom. The van der Waals surface area contributed by atoms with Crippen LogP contribution in [0.3, 0.4) is 0 Å². The molecule has 116 valence electrons. The molecule has 7 nitrogen and oxygen atoms in total. The van der Waals surface area contributed by atoms with E-state index in [2.05, 4.69) is 16.0 Å². The Morgan fingerprint density at radius 2 is 1.50 bits per heavy atom. The van der Waals surface area contributed by atoms with Crippen molar-refractivity contribution in [1.82, 2.24) is 16.0 Å². The fourth-order valence-corrected chi connectivity index (χ4v) is 1.56. The Bertz CT molecular complexity index is 356. The van der Waals surface area contributed by atoms with E-state index in [4.69, 9.17) is 5.11 Å². The molecular weight excluding hydrogens is 262 g/mol. The molecule has 7 heteroatoms. The summed E-state index contributed by atoms with van der Waals surface area (Å²) in [6.45, 7) is 8.90. The Morgan fingerprint density at radius 3 is 1.90 bits per heavy atom. The SMILES string of the molecule is CC(C)CC(NC(=O)NC(C)C(=O)NC(C)C)C(=O)O. The summed E-state index contributed by atoms with van der Waals surface area (Å²) in [5.41, 5.74) is 0. The van der Waals surface area contributed by atoms with Crippen LogP contribution in [0.4, 0.5) is 4.79 Å². The topological polar surface area (TPSA) is 108 Å². The second kappa shape index (κ2) is 8.39. The summed E-state index contributed by atoms with van der Waals surface area (Å²) in [7, 11) is 0. The summed E-state index contributed by atoms with van der Waals surface area (Å²) in [6.07, 6.45) is 0.329. The zero-order chi connectivity index (χ0) is 15.9. The molecular formula is C13H25N3O4. The van der Waals surface area contributed by atoms with Gasteiger partial charge in [0.15, 0.2) is 0 Å². The lowest BCUT2D eigenvalue weighted by atomic mass is 10.0. The Kier molecular flexibility index (Phi) is 7.64. The summed E-state index contributed by atoms with van der Waals surface area (Å²) in [4.78, 5) is 34.3. The lowest BCUT2D eigenvalue weighted by Crippen LogP contribution is -2.53. The standard InChI is InChI=1S/C13H25N3O4/c1-7(2)6-10(12(18)19)16-13(20)15-9(5)11(17)14-8(3)4/h7-10H,6H2,1-5H3,(H,14,17)(H,18,19)(H2,15,16,20). The van der Waals surface area contributed by atoms with Gasteiger partial charge in [-0.3, -0.25) is 4.79 Å². The highest BCUT2D eigenvalue weighted by molar-refractivity contribution is 5.88. The van der Waals surface area contributed by atoms with Gasteiger partial charge in [-0.2, -0.15) is 0 Å². The predicted molar refractivity (Wildman–Crippen MR) is 75.3 cm³/mol. The first-order valence-electron chi connectivity index (χ1n) is 6.73. The number of urea groups is 1. The number of carboxylic acid groups (broad SMARTS) is 1. The molecule has 0 bridgehead atoms. The average Bonchev–Trinajstić information content (AvgIpc) is 2.25. The molecule has 0 radical (unpaired) electrons. The molecule has 0 spiro atoms. The van der Waals surface area contributed by atoms with Crippen molar-refractivity contribution in [3.63, 3.8) is 0 Å². The zero-order valence-corrected chi connectivity index (χ0v) is 12.7. The van der Waals surface area contributed by atoms with Gasteiger partial charge in [0.1, 0.15) is 12.1 Å². The normalized spacial score (nSPS) is 13.8.